The van der Waals surface area contributed by atoms with Gasteiger partial charge in [-0.2, -0.15) is 0 Å². The molecule has 1 aromatic heterocycles. The molecule has 6 nitrogen and oxygen atoms in total. The Hall–Kier alpha value is -2.76. The van der Waals surface area contributed by atoms with Crippen LogP contribution in [-0.4, -0.2) is 23.6 Å². The molecule has 1 heterocycles. The van der Waals surface area contributed by atoms with Gasteiger partial charge in [0, 0.05) is 17.7 Å². The first kappa shape index (κ1) is 15.6. The van der Waals surface area contributed by atoms with Gasteiger partial charge in [0.2, 0.25) is 0 Å². The van der Waals surface area contributed by atoms with Gasteiger partial charge in [0.25, 0.3) is 5.91 Å². The number of carbonyl (C=O) groups is 2. The molecule has 0 spiro atoms. The van der Waals surface area contributed by atoms with Crippen molar-refractivity contribution in [2.75, 3.05) is 6.61 Å². The van der Waals surface area contributed by atoms with Crippen LogP contribution in [0.4, 0.5) is 0 Å². The number of aryl methyl sites for hydroxylation is 2. The molecule has 0 atom stereocenters. The van der Waals surface area contributed by atoms with Crippen LogP contribution in [0.25, 0.3) is 0 Å². The summed E-state index contributed by atoms with van der Waals surface area (Å²) >= 11 is 0. The van der Waals surface area contributed by atoms with Crippen molar-refractivity contribution in [1.29, 1.82) is 0 Å². The van der Waals surface area contributed by atoms with Crippen molar-refractivity contribution in [3.05, 3.63) is 53.0 Å². The number of furan rings is 1. The molecule has 116 valence electrons. The average Bonchev–Trinajstić information content (AvgIpc) is 2.96. The highest BCUT2D eigenvalue weighted by Crippen LogP contribution is 2.24. The van der Waals surface area contributed by atoms with Crippen LogP contribution in [-0.2, 0) is 11.3 Å². The lowest BCUT2D eigenvalue weighted by Gasteiger charge is -2.13. The van der Waals surface area contributed by atoms with Crippen molar-refractivity contribution in [2.24, 2.45) is 0 Å². The maximum atomic E-state index is 12.1. The minimum atomic E-state index is -1.04. The zero-order valence-electron chi connectivity index (χ0n) is 12.4. The molecule has 0 unspecified atom stereocenters. The second-order valence-electron chi connectivity index (χ2n) is 4.94. The topological polar surface area (TPSA) is 88.8 Å². The summed E-state index contributed by atoms with van der Waals surface area (Å²) in [6.45, 7) is 3.52. The van der Waals surface area contributed by atoms with E-state index in [0.29, 0.717) is 17.9 Å². The van der Waals surface area contributed by atoms with Gasteiger partial charge >= 0.3 is 5.97 Å². The van der Waals surface area contributed by atoms with Crippen molar-refractivity contribution in [3.8, 4) is 5.75 Å². The summed E-state index contributed by atoms with van der Waals surface area (Å²) in [5.41, 5.74) is 2.81. The van der Waals surface area contributed by atoms with E-state index >= 15 is 0 Å². The predicted octanol–water partition coefficient (Wildman–Crippen LogP) is 2.29. The Balaban J connectivity index is 2.08. The Bertz CT molecular complexity index is 653. The van der Waals surface area contributed by atoms with Crippen LogP contribution >= 0.6 is 0 Å². The smallest absolute Gasteiger partial charge is 0.341 e. The van der Waals surface area contributed by atoms with Gasteiger partial charge in [-0.1, -0.05) is 0 Å². The third kappa shape index (κ3) is 3.88. The first-order chi connectivity index (χ1) is 10.5. The molecule has 1 aromatic carbocycles. The Morgan fingerprint density at radius 2 is 1.95 bits per heavy atom. The number of ether oxygens (including phenoxy) is 1. The SMILES string of the molecule is Cc1cc(C(=O)NCc2ccoc2)cc(C)c1OCC(=O)O. The maximum Gasteiger partial charge on any atom is 0.341 e. The van der Waals surface area contributed by atoms with Gasteiger partial charge in [0.1, 0.15) is 5.75 Å². The van der Waals surface area contributed by atoms with E-state index in [1.807, 2.05) is 0 Å². The van der Waals surface area contributed by atoms with E-state index < -0.39 is 12.6 Å². The zero-order chi connectivity index (χ0) is 16.1. The predicted molar refractivity (Wildman–Crippen MR) is 78.9 cm³/mol. The lowest BCUT2D eigenvalue weighted by molar-refractivity contribution is -0.139. The summed E-state index contributed by atoms with van der Waals surface area (Å²) in [5.74, 6) is -0.758. The fourth-order valence-corrected chi connectivity index (χ4v) is 2.12. The maximum absolute atomic E-state index is 12.1. The van der Waals surface area contributed by atoms with Gasteiger partial charge in [-0.3, -0.25) is 4.79 Å². The van der Waals surface area contributed by atoms with Gasteiger partial charge in [-0.15, -0.1) is 0 Å². The number of amides is 1. The monoisotopic (exact) mass is 303 g/mol. The van der Waals surface area contributed by atoms with E-state index in [9.17, 15) is 9.59 Å². The number of hydrogen-bond donors (Lipinski definition) is 2. The Morgan fingerprint density at radius 1 is 1.27 bits per heavy atom. The number of carboxylic acid groups (broad SMARTS) is 1. The zero-order valence-corrected chi connectivity index (χ0v) is 12.4. The van der Waals surface area contributed by atoms with E-state index in [-0.39, 0.29) is 5.91 Å². The molecule has 0 bridgehead atoms. The number of carboxylic acids is 1. The van der Waals surface area contributed by atoms with E-state index in [2.05, 4.69) is 5.32 Å². The third-order valence-corrected chi connectivity index (χ3v) is 3.10. The second kappa shape index (κ2) is 6.80. The Morgan fingerprint density at radius 3 is 2.50 bits per heavy atom. The van der Waals surface area contributed by atoms with Gasteiger partial charge in [-0.25, -0.2) is 4.79 Å². The Labute approximate surface area is 127 Å². The molecule has 0 aliphatic carbocycles. The first-order valence-electron chi connectivity index (χ1n) is 6.72. The van der Waals surface area contributed by atoms with Gasteiger partial charge in [0.05, 0.1) is 12.5 Å². The molecule has 2 aromatic rings. The van der Waals surface area contributed by atoms with E-state index in [4.69, 9.17) is 14.3 Å². The molecule has 22 heavy (non-hydrogen) atoms. The molecular weight excluding hydrogens is 286 g/mol. The minimum Gasteiger partial charge on any atom is -0.481 e. The van der Waals surface area contributed by atoms with Crippen molar-refractivity contribution in [3.63, 3.8) is 0 Å². The summed E-state index contributed by atoms with van der Waals surface area (Å²) in [4.78, 5) is 22.7. The van der Waals surface area contributed by atoms with Crippen molar-refractivity contribution < 1.29 is 23.8 Å². The van der Waals surface area contributed by atoms with E-state index in [1.54, 1.807) is 44.6 Å². The van der Waals surface area contributed by atoms with Gasteiger partial charge < -0.3 is 19.6 Å². The summed E-state index contributed by atoms with van der Waals surface area (Å²) < 4.78 is 10.2. The first-order valence-corrected chi connectivity index (χ1v) is 6.72. The molecule has 0 fully saturated rings. The summed E-state index contributed by atoms with van der Waals surface area (Å²) in [6.07, 6.45) is 3.12. The molecule has 2 rings (SSSR count). The van der Waals surface area contributed by atoms with Crippen LogP contribution < -0.4 is 10.1 Å². The van der Waals surface area contributed by atoms with Crippen LogP contribution in [0, 0.1) is 13.8 Å². The molecule has 1 amide bonds. The van der Waals surface area contributed by atoms with Crippen LogP contribution in [0.3, 0.4) is 0 Å². The fraction of sp³-hybridized carbons (Fsp3) is 0.250. The van der Waals surface area contributed by atoms with Crippen molar-refractivity contribution in [2.45, 2.75) is 20.4 Å². The number of aliphatic carboxylic acids is 1. The van der Waals surface area contributed by atoms with Crippen LogP contribution in [0.1, 0.15) is 27.0 Å². The average molecular weight is 303 g/mol. The largest absolute Gasteiger partial charge is 0.481 e. The molecule has 2 N–H and O–H groups in total. The van der Waals surface area contributed by atoms with Crippen LogP contribution in [0.2, 0.25) is 0 Å². The molecule has 0 saturated heterocycles. The lowest BCUT2D eigenvalue weighted by Crippen LogP contribution is -2.23. The van der Waals surface area contributed by atoms with E-state index in [1.165, 1.54) is 0 Å². The summed E-state index contributed by atoms with van der Waals surface area (Å²) in [6, 6.07) is 5.13. The third-order valence-electron chi connectivity index (χ3n) is 3.10. The lowest BCUT2D eigenvalue weighted by atomic mass is 10.0. The number of benzene rings is 1. The molecule has 0 aliphatic heterocycles. The highest BCUT2D eigenvalue weighted by molar-refractivity contribution is 5.94. The number of nitrogens with one attached hydrogen (secondary N) is 1. The molecule has 0 aliphatic rings. The van der Waals surface area contributed by atoms with Crippen molar-refractivity contribution in [1.82, 2.24) is 5.32 Å². The fourth-order valence-electron chi connectivity index (χ4n) is 2.12. The molecule has 0 radical (unpaired) electrons. The van der Waals surface area contributed by atoms with Crippen LogP contribution in [0.15, 0.2) is 35.1 Å². The molecule has 0 saturated carbocycles. The van der Waals surface area contributed by atoms with Crippen LogP contribution in [0.5, 0.6) is 5.75 Å². The van der Waals surface area contributed by atoms with Crippen molar-refractivity contribution >= 4 is 11.9 Å². The number of hydrogen-bond acceptors (Lipinski definition) is 4. The van der Waals surface area contributed by atoms with Gasteiger partial charge in [0.15, 0.2) is 6.61 Å². The second-order valence-corrected chi connectivity index (χ2v) is 4.94. The minimum absolute atomic E-state index is 0.211. The molecule has 6 heteroatoms. The highest BCUT2D eigenvalue weighted by atomic mass is 16.5. The summed E-state index contributed by atoms with van der Waals surface area (Å²) in [5, 5.41) is 11.5. The number of rotatable bonds is 6. The summed E-state index contributed by atoms with van der Waals surface area (Å²) in [7, 11) is 0. The highest BCUT2D eigenvalue weighted by Gasteiger charge is 2.12. The molecular formula is C16H17NO5. The number of carbonyl (C=O) groups excluding carboxylic acids is 1. The van der Waals surface area contributed by atoms with E-state index in [0.717, 1.165) is 16.7 Å². The normalized spacial score (nSPS) is 10.3. The van der Waals surface area contributed by atoms with Gasteiger partial charge in [-0.05, 0) is 43.2 Å². The Kier molecular flexibility index (Phi) is 4.83. The quantitative estimate of drug-likeness (QED) is 0.854. The standard InChI is InChI=1S/C16H17NO5/c1-10-5-13(6-11(2)15(10)22-9-14(18)19)16(20)17-7-12-3-4-21-8-12/h3-6,8H,7,9H2,1-2H3,(H,17,20)(H,18,19).